The molecule has 0 bridgehead atoms. The molecule has 1 aromatic carbocycles. The van der Waals surface area contributed by atoms with Crippen LogP contribution in [0.15, 0.2) is 29.2 Å². The first-order valence-corrected chi connectivity index (χ1v) is 8.02. The van der Waals surface area contributed by atoms with Gasteiger partial charge in [0, 0.05) is 0 Å². The van der Waals surface area contributed by atoms with E-state index in [0.29, 0.717) is 0 Å². The van der Waals surface area contributed by atoms with Crippen molar-refractivity contribution in [3.63, 3.8) is 0 Å². The average molecular weight is 314 g/mol. The van der Waals surface area contributed by atoms with E-state index in [-0.39, 0.29) is 10.8 Å². The normalized spacial score (nSPS) is 18.0. The van der Waals surface area contributed by atoms with E-state index in [9.17, 15) is 18.3 Å². The van der Waals surface area contributed by atoms with Crippen LogP contribution in [0.25, 0.3) is 0 Å². The summed E-state index contributed by atoms with van der Waals surface area (Å²) >= 11 is 0. The fraction of sp³-hybridized carbons (Fsp3) is 0.500. The molecule has 0 amide bonds. The van der Waals surface area contributed by atoms with Gasteiger partial charge in [-0.3, -0.25) is 0 Å². The van der Waals surface area contributed by atoms with E-state index >= 15 is 0 Å². The summed E-state index contributed by atoms with van der Waals surface area (Å²) in [5.41, 5.74) is 0.900. The summed E-state index contributed by atoms with van der Waals surface area (Å²) in [5, 5.41) is 10.0. The summed E-state index contributed by atoms with van der Waals surface area (Å²) in [6.07, 6.45) is -1.24. The Morgan fingerprint density at radius 3 is 2.33 bits per heavy atom. The quantitative estimate of drug-likeness (QED) is 0.622. The van der Waals surface area contributed by atoms with Gasteiger partial charge in [0.25, 0.3) is 10.1 Å². The van der Waals surface area contributed by atoms with Crippen LogP contribution in [0.3, 0.4) is 0 Å². The molecule has 1 aliphatic rings. The lowest BCUT2D eigenvalue weighted by Crippen LogP contribution is -2.40. The molecule has 7 heteroatoms. The van der Waals surface area contributed by atoms with Crippen LogP contribution in [-0.4, -0.2) is 38.8 Å². The third kappa shape index (κ3) is 3.81. The number of benzene rings is 1. The number of methoxy groups -OCH3 is 1. The van der Waals surface area contributed by atoms with Crippen LogP contribution in [0.4, 0.5) is 0 Å². The molecule has 2 atom stereocenters. The lowest BCUT2D eigenvalue weighted by atomic mass is 10.1. The Hall–Kier alpha value is -1.44. The Labute approximate surface area is 123 Å². The highest BCUT2D eigenvalue weighted by atomic mass is 32.2. The van der Waals surface area contributed by atoms with Gasteiger partial charge in [0.1, 0.15) is 0 Å². The minimum Gasteiger partial charge on any atom is -0.467 e. The summed E-state index contributed by atoms with van der Waals surface area (Å²) in [5.74, 6) is -1.02. The molecule has 0 aliphatic heterocycles. The number of carbonyl (C=O) groups is 1. The second-order valence-electron chi connectivity index (χ2n) is 5.14. The van der Waals surface area contributed by atoms with Gasteiger partial charge in [-0.05, 0) is 37.8 Å². The van der Waals surface area contributed by atoms with Gasteiger partial charge in [0.2, 0.25) is 6.10 Å². The highest BCUT2D eigenvalue weighted by Gasteiger charge is 2.42. The van der Waals surface area contributed by atoms with Crippen LogP contribution < -0.4 is 0 Å². The predicted molar refractivity (Wildman–Crippen MR) is 74.0 cm³/mol. The van der Waals surface area contributed by atoms with Crippen LogP contribution in [-0.2, 0) is 23.8 Å². The van der Waals surface area contributed by atoms with E-state index in [1.54, 1.807) is 12.1 Å². The van der Waals surface area contributed by atoms with Crippen molar-refractivity contribution < 1.29 is 27.2 Å². The molecular formula is C14H18O6S. The molecule has 0 unspecified atom stereocenters. The van der Waals surface area contributed by atoms with Gasteiger partial charge >= 0.3 is 5.97 Å². The highest BCUT2D eigenvalue weighted by molar-refractivity contribution is 7.86. The first-order chi connectivity index (χ1) is 9.85. The molecular weight excluding hydrogens is 296 g/mol. The Kier molecular flexibility index (Phi) is 4.65. The number of rotatable bonds is 6. The summed E-state index contributed by atoms with van der Waals surface area (Å²) in [7, 11) is -3.02. The molecule has 1 fully saturated rings. The molecule has 2 rings (SSSR count). The molecule has 21 heavy (non-hydrogen) atoms. The Balaban J connectivity index is 2.21. The molecule has 6 nitrogen and oxygen atoms in total. The number of esters is 1. The summed E-state index contributed by atoms with van der Waals surface area (Å²) in [6.45, 7) is 1.82. The number of aliphatic hydroxyl groups is 1. The van der Waals surface area contributed by atoms with E-state index in [0.717, 1.165) is 25.5 Å². The van der Waals surface area contributed by atoms with Crippen molar-refractivity contribution in [1.82, 2.24) is 0 Å². The summed E-state index contributed by atoms with van der Waals surface area (Å²) < 4.78 is 33.8. The van der Waals surface area contributed by atoms with E-state index in [1.165, 1.54) is 12.1 Å². The van der Waals surface area contributed by atoms with Gasteiger partial charge in [-0.15, -0.1) is 0 Å². The minimum absolute atomic E-state index is 0.0648. The number of aliphatic hydroxyl groups excluding tert-OH is 1. The lowest BCUT2D eigenvalue weighted by molar-refractivity contribution is -0.154. The van der Waals surface area contributed by atoms with E-state index in [1.807, 2.05) is 6.92 Å². The van der Waals surface area contributed by atoms with Crippen LogP contribution in [0.5, 0.6) is 0 Å². The zero-order chi connectivity index (χ0) is 15.6. The van der Waals surface area contributed by atoms with Crippen molar-refractivity contribution in [2.75, 3.05) is 7.11 Å². The molecule has 0 heterocycles. The van der Waals surface area contributed by atoms with E-state index in [2.05, 4.69) is 4.74 Å². The van der Waals surface area contributed by atoms with Crippen LogP contribution in [0.1, 0.15) is 18.4 Å². The van der Waals surface area contributed by atoms with Gasteiger partial charge in [-0.25, -0.2) is 8.98 Å². The fourth-order valence-electron chi connectivity index (χ4n) is 1.93. The van der Waals surface area contributed by atoms with Crippen molar-refractivity contribution in [3.05, 3.63) is 29.8 Å². The first-order valence-electron chi connectivity index (χ1n) is 6.61. The highest BCUT2D eigenvalue weighted by Crippen LogP contribution is 2.35. The van der Waals surface area contributed by atoms with Crippen LogP contribution >= 0.6 is 0 Å². The molecule has 116 valence electrons. The molecule has 0 spiro atoms. The SMILES string of the molecule is COC(=O)[C@@H](OS(=O)(=O)c1ccc(C)cc1)[C@H](O)C1CC1. The lowest BCUT2D eigenvalue weighted by Gasteiger charge is -2.20. The Bertz CT molecular complexity index is 603. The smallest absolute Gasteiger partial charge is 0.339 e. The number of aryl methyl sites for hydroxylation is 1. The third-order valence-electron chi connectivity index (χ3n) is 3.39. The molecule has 0 radical (unpaired) electrons. The van der Waals surface area contributed by atoms with Gasteiger partial charge in [0.15, 0.2) is 0 Å². The topological polar surface area (TPSA) is 89.9 Å². The standard InChI is InChI=1S/C14H18O6S/c1-9-3-7-11(8-4-9)21(17,18)20-13(14(16)19-2)12(15)10-5-6-10/h3-4,7-8,10,12-13,15H,5-6H2,1-2H3/t12-,13+/m1/s1. The van der Waals surface area contributed by atoms with Crippen LogP contribution in [0.2, 0.25) is 0 Å². The summed E-state index contributed by atoms with van der Waals surface area (Å²) in [4.78, 5) is 11.6. The van der Waals surface area contributed by atoms with Gasteiger partial charge in [0.05, 0.1) is 18.1 Å². The van der Waals surface area contributed by atoms with E-state index < -0.39 is 28.3 Å². The number of hydrogen-bond acceptors (Lipinski definition) is 6. The number of carbonyl (C=O) groups excluding carboxylic acids is 1. The summed E-state index contributed by atoms with van der Waals surface area (Å²) in [6, 6.07) is 6.03. The molecule has 1 N–H and O–H groups in total. The minimum atomic E-state index is -4.14. The van der Waals surface area contributed by atoms with E-state index in [4.69, 9.17) is 4.18 Å². The van der Waals surface area contributed by atoms with Gasteiger partial charge in [-0.2, -0.15) is 8.42 Å². The second kappa shape index (κ2) is 6.13. The number of hydrogen-bond donors (Lipinski definition) is 1. The zero-order valence-electron chi connectivity index (χ0n) is 11.9. The van der Waals surface area contributed by atoms with Crippen molar-refractivity contribution in [1.29, 1.82) is 0 Å². The predicted octanol–water partition coefficient (Wildman–Crippen LogP) is 1.01. The maximum absolute atomic E-state index is 12.2. The second-order valence-corrected chi connectivity index (χ2v) is 6.71. The van der Waals surface area contributed by atoms with Crippen molar-refractivity contribution >= 4 is 16.1 Å². The maximum atomic E-state index is 12.2. The number of ether oxygens (including phenoxy) is 1. The largest absolute Gasteiger partial charge is 0.467 e. The molecule has 1 saturated carbocycles. The zero-order valence-corrected chi connectivity index (χ0v) is 12.7. The fourth-order valence-corrected chi connectivity index (χ4v) is 2.98. The molecule has 1 aliphatic carbocycles. The molecule has 0 saturated heterocycles. The van der Waals surface area contributed by atoms with Gasteiger partial charge in [-0.1, -0.05) is 17.7 Å². The van der Waals surface area contributed by atoms with Gasteiger partial charge < -0.3 is 9.84 Å². The third-order valence-corrected chi connectivity index (χ3v) is 4.70. The molecule has 1 aromatic rings. The molecule has 0 aromatic heterocycles. The van der Waals surface area contributed by atoms with Crippen LogP contribution in [0, 0.1) is 12.8 Å². The van der Waals surface area contributed by atoms with Crippen molar-refractivity contribution in [2.45, 2.75) is 36.9 Å². The maximum Gasteiger partial charge on any atom is 0.339 e. The monoisotopic (exact) mass is 314 g/mol. The average Bonchev–Trinajstić information content (AvgIpc) is 3.28. The van der Waals surface area contributed by atoms with Crippen molar-refractivity contribution in [2.24, 2.45) is 5.92 Å². The van der Waals surface area contributed by atoms with Crippen molar-refractivity contribution in [3.8, 4) is 0 Å². The Morgan fingerprint density at radius 1 is 1.29 bits per heavy atom. The Morgan fingerprint density at radius 2 is 1.86 bits per heavy atom. The first kappa shape index (κ1) is 15.9.